The van der Waals surface area contributed by atoms with Crippen LogP contribution in [0.2, 0.25) is 0 Å². The molecule has 4 heteroatoms. The number of aromatic hydroxyl groups is 1. The summed E-state index contributed by atoms with van der Waals surface area (Å²) in [5.74, 6) is 1.06. The number of fused-ring (bicyclic) bond motifs is 10. The first kappa shape index (κ1) is 13.8. The van der Waals surface area contributed by atoms with Gasteiger partial charge in [-0.2, -0.15) is 0 Å². The summed E-state index contributed by atoms with van der Waals surface area (Å²) in [5, 5.41) is 14.8. The summed E-state index contributed by atoms with van der Waals surface area (Å²) >= 11 is 0. The first-order valence-corrected chi connectivity index (χ1v) is 8.69. The maximum Gasteiger partial charge on any atom is 0.197 e. The number of rotatable bonds is 1. The van der Waals surface area contributed by atoms with E-state index in [0.717, 1.165) is 50.3 Å². The van der Waals surface area contributed by atoms with E-state index >= 15 is 0 Å². The molecule has 0 atom stereocenters. The smallest absolute Gasteiger partial charge is 0.197 e. The Balaban J connectivity index is 1.88. The molecule has 26 heavy (non-hydrogen) atoms. The molecular formula is C22H16N2O2. The molecule has 0 spiro atoms. The number of methoxy groups -OCH3 is 1. The number of aromatic nitrogens is 2. The van der Waals surface area contributed by atoms with Crippen LogP contribution in [0.25, 0.3) is 43.7 Å². The summed E-state index contributed by atoms with van der Waals surface area (Å²) in [4.78, 5) is 6.64. The van der Waals surface area contributed by atoms with E-state index in [1.54, 1.807) is 7.11 Å². The average Bonchev–Trinajstić information content (AvgIpc) is 3.33. The topological polar surface area (TPSA) is 61.0 Å². The van der Waals surface area contributed by atoms with Gasteiger partial charge >= 0.3 is 0 Å². The Labute approximate surface area is 149 Å². The molecule has 2 aromatic heterocycles. The van der Waals surface area contributed by atoms with Gasteiger partial charge in [-0.05, 0) is 34.9 Å². The van der Waals surface area contributed by atoms with E-state index in [-0.39, 0.29) is 5.88 Å². The Morgan fingerprint density at radius 3 is 2.81 bits per heavy atom. The van der Waals surface area contributed by atoms with E-state index in [0.29, 0.717) is 0 Å². The van der Waals surface area contributed by atoms with Gasteiger partial charge in [0.2, 0.25) is 0 Å². The summed E-state index contributed by atoms with van der Waals surface area (Å²) in [6.45, 7) is 0. The van der Waals surface area contributed by atoms with Crippen molar-refractivity contribution in [2.75, 3.05) is 7.11 Å². The Hall–Kier alpha value is -3.40. The first-order chi connectivity index (χ1) is 12.8. The third-order valence-corrected chi connectivity index (χ3v) is 5.64. The lowest BCUT2D eigenvalue weighted by atomic mass is 9.96. The molecule has 1 aliphatic rings. The third kappa shape index (κ3) is 1.54. The van der Waals surface area contributed by atoms with Gasteiger partial charge in [0.1, 0.15) is 5.75 Å². The van der Waals surface area contributed by atoms with E-state index < -0.39 is 0 Å². The van der Waals surface area contributed by atoms with Crippen LogP contribution in [-0.2, 0) is 6.42 Å². The van der Waals surface area contributed by atoms with Crippen LogP contribution in [0.4, 0.5) is 0 Å². The van der Waals surface area contributed by atoms with Gasteiger partial charge in [0, 0.05) is 39.9 Å². The second-order valence-corrected chi connectivity index (χ2v) is 6.90. The molecule has 0 aliphatic heterocycles. The van der Waals surface area contributed by atoms with Crippen molar-refractivity contribution in [1.29, 1.82) is 0 Å². The van der Waals surface area contributed by atoms with Crippen molar-refractivity contribution >= 4 is 32.6 Å². The predicted molar refractivity (Wildman–Crippen MR) is 104 cm³/mol. The molecule has 2 heterocycles. The number of benzene rings is 3. The standard InChI is InChI=1S/C22H16N2O2/c1-26-12-6-7-17-14(9-12)19-16-10-23-22(25)20(16)18-13-5-3-2-4-11(13)8-15(18)21(19)24-17/h2-7,9-10,23-25H,8H2,1H3. The summed E-state index contributed by atoms with van der Waals surface area (Å²) in [6.07, 6.45) is 2.77. The number of hydrogen-bond donors (Lipinski definition) is 3. The fourth-order valence-corrected chi connectivity index (χ4v) is 4.53. The van der Waals surface area contributed by atoms with Crippen molar-refractivity contribution in [2.24, 2.45) is 0 Å². The average molecular weight is 340 g/mol. The van der Waals surface area contributed by atoms with Gasteiger partial charge in [0.05, 0.1) is 18.0 Å². The number of H-pyrrole nitrogens is 2. The molecule has 0 unspecified atom stereocenters. The predicted octanol–water partition coefficient (Wildman–Crippen LogP) is 5.09. The first-order valence-electron chi connectivity index (χ1n) is 8.69. The van der Waals surface area contributed by atoms with Crippen LogP contribution in [0.15, 0.2) is 48.7 Å². The molecule has 3 aromatic carbocycles. The largest absolute Gasteiger partial charge is 0.497 e. The molecule has 1 aliphatic carbocycles. The van der Waals surface area contributed by atoms with Crippen LogP contribution in [0.3, 0.4) is 0 Å². The van der Waals surface area contributed by atoms with E-state index in [2.05, 4.69) is 46.4 Å². The van der Waals surface area contributed by atoms with Crippen molar-refractivity contribution in [3.63, 3.8) is 0 Å². The van der Waals surface area contributed by atoms with Gasteiger partial charge in [-0.15, -0.1) is 0 Å². The minimum Gasteiger partial charge on any atom is -0.497 e. The molecule has 0 radical (unpaired) electrons. The second-order valence-electron chi connectivity index (χ2n) is 6.90. The molecule has 0 fully saturated rings. The number of nitrogens with one attached hydrogen (secondary N) is 2. The maximum absolute atomic E-state index is 10.6. The molecular weight excluding hydrogens is 324 g/mol. The molecule has 6 rings (SSSR count). The van der Waals surface area contributed by atoms with Crippen molar-refractivity contribution in [3.05, 3.63) is 59.8 Å². The number of aromatic amines is 2. The Morgan fingerprint density at radius 2 is 1.92 bits per heavy atom. The van der Waals surface area contributed by atoms with Gasteiger partial charge in [-0.3, -0.25) is 0 Å². The summed E-state index contributed by atoms with van der Waals surface area (Å²) in [6, 6.07) is 14.5. The fourth-order valence-electron chi connectivity index (χ4n) is 4.53. The third-order valence-electron chi connectivity index (χ3n) is 5.64. The van der Waals surface area contributed by atoms with E-state index in [1.165, 1.54) is 16.7 Å². The molecule has 0 saturated heterocycles. The molecule has 0 saturated carbocycles. The van der Waals surface area contributed by atoms with Crippen LogP contribution in [0.5, 0.6) is 11.6 Å². The molecule has 3 N–H and O–H groups in total. The molecule has 4 nitrogen and oxygen atoms in total. The van der Waals surface area contributed by atoms with Gasteiger partial charge in [-0.25, -0.2) is 0 Å². The zero-order valence-electron chi connectivity index (χ0n) is 14.2. The zero-order valence-corrected chi connectivity index (χ0v) is 14.2. The van der Waals surface area contributed by atoms with Crippen molar-refractivity contribution in [2.45, 2.75) is 6.42 Å². The highest BCUT2D eigenvalue weighted by Crippen LogP contribution is 2.49. The molecule has 5 aromatic rings. The highest BCUT2D eigenvalue weighted by atomic mass is 16.5. The van der Waals surface area contributed by atoms with E-state index in [4.69, 9.17) is 4.74 Å². The Morgan fingerprint density at radius 1 is 1.04 bits per heavy atom. The van der Waals surface area contributed by atoms with Crippen LogP contribution in [0, 0.1) is 0 Å². The van der Waals surface area contributed by atoms with Crippen LogP contribution in [-0.4, -0.2) is 22.2 Å². The minimum atomic E-state index is 0.229. The quantitative estimate of drug-likeness (QED) is 0.390. The van der Waals surface area contributed by atoms with Crippen LogP contribution in [0.1, 0.15) is 11.1 Å². The lowest BCUT2D eigenvalue weighted by Gasteiger charge is -2.07. The Bertz CT molecular complexity index is 1360. The van der Waals surface area contributed by atoms with E-state index in [1.807, 2.05) is 12.3 Å². The molecule has 126 valence electrons. The normalized spacial score (nSPS) is 12.8. The minimum absolute atomic E-state index is 0.229. The SMILES string of the molecule is COc1ccc2[nH]c3c4c(c5c(O)[nH]cc5c3c2c1)-c1ccccc1C4. The Kier molecular flexibility index (Phi) is 2.45. The fraction of sp³-hybridized carbons (Fsp3) is 0.0909. The maximum atomic E-state index is 10.6. The monoisotopic (exact) mass is 340 g/mol. The van der Waals surface area contributed by atoms with Crippen molar-refractivity contribution in [1.82, 2.24) is 9.97 Å². The van der Waals surface area contributed by atoms with Gasteiger partial charge in [0.25, 0.3) is 0 Å². The summed E-state index contributed by atoms with van der Waals surface area (Å²) in [7, 11) is 1.68. The summed E-state index contributed by atoms with van der Waals surface area (Å²) in [5.41, 5.74) is 7.12. The number of ether oxygens (including phenoxy) is 1. The van der Waals surface area contributed by atoms with Gasteiger partial charge in [-0.1, -0.05) is 24.3 Å². The molecule has 0 bridgehead atoms. The van der Waals surface area contributed by atoms with Gasteiger partial charge in [0.15, 0.2) is 5.88 Å². The lowest BCUT2D eigenvalue weighted by Crippen LogP contribution is -1.85. The summed E-state index contributed by atoms with van der Waals surface area (Å²) < 4.78 is 5.43. The van der Waals surface area contributed by atoms with Crippen molar-refractivity contribution in [3.8, 4) is 22.8 Å². The highest BCUT2D eigenvalue weighted by Gasteiger charge is 2.27. The zero-order chi connectivity index (χ0) is 17.4. The molecule has 0 amide bonds. The van der Waals surface area contributed by atoms with Crippen molar-refractivity contribution < 1.29 is 9.84 Å². The highest BCUT2D eigenvalue weighted by molar-refractivity contribution is 6.26. The van der Waals surface area contributed by atoms with Crippen LogP contribution >= 0.6 is 0 Å². The van der Waals surface area contributed by atoms with E-state index in [9.17, 15) is 5.11 Å². The second kappa shape index (κ2) is 4.61. The lowest BCUT2D eigenvalue weighted by molar-refractivity contribution is 0.415. The van der Waals surface area contributed by atoms with Crippen LogP contribution < -0.4 is 4.74 Å². The number of hydrogen-bond acceptors (Lipinski definition) is 2. The van der Waals surface area contributed by atoms with Gasteiger partial charge < -0.3 is 19.8 Å².